The summed E-state index contributed by atoms with van der Waals surface area (Å²) in [5, 5.41) is 2.51. The second-order valence-electron chi connectivity index (χ2n) is 5.30. The highest BCUT2D eigenvalue weighted by molar-refractivity contribution is 7.14. The molecule has 9 heteroatoms. The van der Waals surface area contributed by atoms with Gasteiger partial charge in [0.25, 0.3) is 5.91 Å². The Bertz CT molecular complexity index is 782. The number of ether oxygens (including phenoxy) is 1. The average molecular weight is 381 g/mol. The van der Waals surface area contributed by atoms with Crippen LogP contribution in [-0.2, 0) is 27.2 Å². The van der Waals surface area contributed by atoms with Gasteiger partial charge in [-0.25, -0.2) is 9.78 Å². The predicted octanol–water partition coefficient (Wildman–Crippen LogP) is 1.93. The highest BCUT2D eigenvalue weighted by atomic mass is 32.1. The third-order valence-electron chi connectivity index (χ3n) is 3.20. The third-order valence-corrected chi connectivity index (χ3v) is 5.53. The molecule has 0 unspecified atom stereocenters. The third kappa shape index (κ3) is 5.64. The van der Waals surface area contributed by atoms with Gasteiger partial charge >= 0.3 is 5.97 Å². The predicted molar refractivity (Wildman–Crippen MR) is 95.6 cm³/mol. The van der Waals surface area contributed by atoms with E-state index in [4.69, 9.17) is 4.74 Å². The molecule has 0 bridgehead atoms. The topological polar surface area (TPSA) is 97.4 Å². The van der Waals surface area contributed by atoms with Crippen LogP contribution in [0.2, 0.25) is 0 Å². The van der Waals surface area contributed by atoms with Crippen LogP contribution in [-0.4, -0.2) is 29.4 Å². The van der Waals surface area contributed by atoms with Crippen LogP contribution in [0.25, 0.3) is 0 Å². The van der Waals surface area contributed by atoms with Crippen LogP contribution >= 0.6 is 22.7 Å². The Balaban J connectivity index is 1.72. The summed E-state index contributed by atoms with van der Waals surface area (Å²) in [5.41, 5.74) is 6.36. The first-order chi connectivity index (χ1) is 11.9. The fourth-order valence-corrected chi connectivity index (χ4v) is 3.79. The molecule has 2 rings (SSSR count). The molecule has 0 atom stereocenters. The summed E-state index contributed by atoms with van der Waals surface area (Å²) in [4.78, 5) is 41.0. The molecule has 0 saturated carbocycles. The van der Waals surface area contributed by atoms with Gasteiger partial charge < -0.3 is 4.74 Å². The molecule has 2 aromatic rings. The molecule has 0 aliphatic heterocycles. The summed E-state index contributed by atoms with van der Waals surface area (Å²) < 4.78 is 4.95. The molecular formula is C16H19N3O4S2. The van der Waals surface area contributed by atoms with Crippen LogP contribution in [0.3, 0.4) is 0 Å². The van der Waals surface area contributed by atoms with Gasteiger partial charge in [-0.1, -0.05) is 6.92 Å². The monoisotopic (exact) mass is 381 g/mol. The van der Waals surface area contributed by atoms with Crippen molar-refractivity contribution in [1.82, 2.24) is 15.8 Å². The van der Waals surface area contributed by atoms with Gasteiger partial charge in [0, 0.05) is 16.0 Å². The number of carbonyl (C=O) groups excluding carboxylic acids is 3. The molecule has 2 heterocycles. The number of esters is 1. The van der Waals surface area contributed by atoms with Crippen molar-refractivity contribution in [3.8, 4) is 0 Å². The highest BCUT2D eigenvalue weighted by Gasteiger charge is 2.15. The van der Waals surface area contributed by atoms with Crippen LogP contribution in [0.1, 0.15) is 37.7 Å². The van der Waals surface area contributed by atoms with Crippen LogP contribution in [0.4, 0.5) is 0 Å². The number of nitrogens with zero attached hydrogens (tertiary/aromatic N) is 1. The Morgan fingerprint density at radius 1 is 1.20 bits per heavy atom. The molecule has 25 heavy (non-hydrogen) atoms. The minimum atomic E-state index is -0.610. The van der Waals surface area contributed by atoms with Crippen molar-refractivity contribution in [2.24, 2.45) is 0 Å². The van der Waals surface area contributed by atoms with E-state index in [1.165, 1.54) is 22.7 Å². The zero-order chi connectivity index (χ0) is 18.4. The minimum absolute atomic E-state index is 0.0762. The van der Waals surface area contributed by atoms with E-state index in [2.05, 4.69) is 15.8 Å². The second kappa shape index (κ2) is 8.72. The molecule has 7 nitrogen and oxygen atoms in total. The number of thiazole rings is 1. The van der Waals surface area contributed by atoms with Crippen molar-refractivity contribution in [3.05, 3.63) is 37.5 Å². The molecular weight excluding hydrogens is 362 g/mol. The fraction of sp³-hybridized carbons (Fsp3) is 0.375. The first-order valence-electron chi connectivity index (χ1n) is 7.64. The Morgan fingerprint density at radius 2 is 1.92 bits per heavy atom. The molecule has 0 saturated heterocycles. The maximum atomic E-state index is 11.9. The molecule has 0 fully saturated rings. The lowest BCUT2D eigenvalue weighted by Gasteiger charge is -2.07. The molecule has 0 aliphatic carbocycles. The van der Waals surface area contributed by atoms with E-state index in [-0.39, 0.29) is 6.42 Å². The maximum absolute atomic E-state index is 11.9. The lowest BCUT2D eigenvalue weighted by Crippen LogP contribution is -2.44. The average Bonchev–Trinajstić information content (AvgIpc) is 3.15. The standard InChI is InChI=1S/C16H19N3O4S2/c1-4-11-9(2)5-12(25-11)16(22)23-7-14(21)19-18-13(20)6-15-17-10(3)8-24-15/h5,8H,4,6-7H2,1-3H3,(H,18,20)(H,19,21). The summed E-state index contributed by atoms with van der Waals surface area (Å²) in [6, 6.07) is 1.75. The lowest BCUT2D eigenvalue weighted by atomic mass is 10.2. The van der Waals surface area contributed by atoms with E-state index in [0.29, 0.717) is 9.88 Å². The van der Waals surface area contributed by atoms with Gasteiger partial charge in [0.15, 0.2) is 6.61 Å². The quantitative estimate of drug-likeness (QED) is 0.589. The van der Waals surface area contributed by atoms with Crippen molar-refractivity contribution in [3.63, 3.8) is 0 Å². The van der Waals surface area contributed by atoms with Crippen molar-refractivity contribution in [2.45, 2.75) is 33.6 Å². The number of rotatable bonds is 6. The minimum Gasteiger partial charge on any atom is -0.451 e. The summed E-state index contributed by atoms with van der Waals surface area (Å²) >= 11 is 2.73. The van der Waals surface area contributed by atoms with Gasteiger partial charge in [-0.2, -0.15) is 0 Å². The molecule has 0 aromatic carbocycles. The summed E-state index contributed by atoms with van der Waals surface area (Å²) in [5.74, 6) is -1.55. The van der Waals surface area contributed by atoms with Crippen molar-refractivity contribution in [2.75, 3.05) is 6.61 Å². The molecule has 2 N–H and O–H groups in total. The van der Waals surface area contributed by atoms with Crippen molar-refractivity contribution >= 4 is 40.5 Å². The number of hydrogen-bond donors (Lipinski definition) is 2. The van der Waals surface area contributed by atoms with E-state index >= 15 is 0 Å². The Morgan fingerprint density at radius 3 is 2.52 bits per heavy atom. The molecule has 0 spiro atoms. The number of nitrogens with one attached hydrogen (secondary N) is 2. The zero-order valence-electron chi connectivity index (χ0n) is 14.2. The molecule has 134 valence electrons. The van der Waals surface area contributed by atoms with Gasteiger partial charge in [0.05, 0.1) is 6.42 Å². The molecule has 0 radical (unpaired) electrons. The second-order valence-corrected chi connectivity index (χ2v) is 7.38. The van der Waals surface area contributed by atoms with E-state index in [1.54, 1.807) is 6.07 Å². The molecule has 2 aromatic heterocycles. The number of aryl methyl sites for hydroxylation is 3. The van der Waals surface area contributed by atoms with E-state index in [1.807, 2.05) is 26.2 Å². The number of hydrogen-bond acceptors (Lipinski definition) is 7. The van der Waals surface area contributed by atoms with Gasteiger partial charge in [0.2, 0.25) is 5.91 Å². The van der Waals surface area contributed by atoms with Crippen LogP contribution in [0.15, 0.2) is 11.4 Å². The first kappa shape index (κ1) is 19.1. The van der Waals surface area contributed by atoms with Gasteiger partial charge in [-0.15, -0.1) is 22.7 Å². The summed E-state index contributed by atoms with van der Waals surface area (Å²) in [6.45, 7) is 5.32. The largest absolute Gasteiger partial charge is 0.451 e. The lowest BCUT2D eigenvalue weighted by molar-refractivity contribution is -0.130. The Kier molecular flexibility index (Phi) is 6.65. The smallest absolute Gasteiger partial charge is 0.348 e. The molecule has 0 aliphatic rings. The van der Waals surface area contributed by atoms with E-state index < -0.39 is 24.4 Å². The van der Waals surface area contributed by atoms with Crippen LogP contribution in [0.5, 0.6) is 0 Å². The number of hydrazine groups is 1. The number of thiophene rings is 1. The van der Waals surface area contributed by atoms with Gasteiger partial charge in [-0.05, 0) is 31.9 Å². The first-order valence-corrected chi connectivity index (χ1v) is 9.33. The normalized spacial score (nSPS) is 10.4. The number of carbonyl (C=O) groups is 3. The van der Waals surface area contributed by atoms with Crippen LogP contribution in [0, 0.1) is 13.8 Å². The number of aromatic nitrogens is 1. The SMILES string of the molecule is CCc1sc(C(=O)OCC(=O)NNC(=O)Cc2nc(C)cs2)cc1C. The number of amides is 2. The van der Waals surface area contributed by atoms with E-state index in [9.17, 15) is 14.4 Å². The van der Waals surface area contributed by atoms with E-state index in [0.717, 1.165) is 22.6 Å². The molecule has 2 amide bonds. The van der Waals surface area contributed by atoms with Crippen molar-refractivity contribution in [1.29, 1.82) is 0 Å². The van der Waals surface area contributed by atoms with Gasteiger partial charge in [0.1, 0.15) is 9.88 Å². The Labute approximate surface area is 153 Å². The maximum Gasteiger partial charge on any atom is 0.348 e. The summed E-state index contributed by atoms with van der Waals surface area (Å²) in [7, 11) is 0. The fourth-order valence-electron chi connectivity index (χ4n) is 2.01. The Hall–Kier alpha value is -2.26. The zero-order valence-corrected chi connectivity index (χ0v) is 15.8. The van der Waals surface area contributed by atoms with Crippen LogP contribution < -0.4 is 10.9 Å². The highest BCUT2D eigenvalue weighted by Crippen LogP contribution is 2.22. The summed E-state index contributed by atoms with van der Waals surface area (Å²) in [6.07, 6.45) is 0.918. The van der Waals surface area contributed by atoms with Gasteiger partial charge in [-0.3, -0.25) is 20.4 Å². The van der Waals surface area contributed by atoms with Crippen molar-refractivity contribution < 1.29 is 19.1 Å².